The van der Waals surface area contributed by atoms with Crippen LogP contribution in [0.1, 0.15) is 23.4 Å². The van der Waals surface area contributed by atoms with E-state index in [1.807, 2.05) is 28.8 Å². The van der Waals surface area contributed by atoms with E-state index in [0.717, 1.165) is 20.2 Å². The van der Waals surface area contributed by atoms with Crippen LogP contribution in [0, 0.1) is 16.1 Å². The van der Waals surface area contributed by atoms with E-state index in [4.69, 9.17) is 29.1 Å². The second kappa shape index (κ2) is 5.06. The maximum Gasteiger partial charge on any atom is 0.178 e. The van der Waals surface area contributed by atoms with Crippen molar-refractivity contribution in [2.24, 2.45) is 0 Å². The number of aromatic amines is 1. The fourth-order valence-corrected chi connectivity index (χ4v) is 3.73. The van der Waals surface area contributed by atoms with Crippen LogP contribution in [0.3, 0.4) is 0 Å². The number of H-pyrrole nitrogens is 1. The lowest BCUT2D eigenvalue weighted by Gasteiger charge is -2.12. The highest BCUT2D eigenvalue weighted by atomic mass is 35.5. The minimum Gasteiger partial charge on any atom is -0.331 e. The highest BCUT2D eigenvalue weighted by Crippen LogP contribution is 2.31. The number of thiophene rings is 1. The molecule has 1 atom stereocenters. The Bertz CT molecular complexity index is 882. The molecule has 3 rings (SSSR count). The van der Waals surface area contributed by atoms with Gasteiger partial charge in [0.2, 0.25) is 0 Å². The Kier molecular flexibility index (Phi) is 3.38. The summed E-state index contributed by atoms with van der Waals surface area (Å²) >= 11 is 13.0. The van der Waals surface area contributed by atoms with Gasteiger partial charge in [0, 0.05) is 4.88 Å². The number of hydrogen-bond donors (Lipinski definition) is 1. The zero-order valence-corrected chi connectivity index (χ0v) is 12.9. The van der Waals surface area contributed by atoms with Crippen LogP contribution in [0.5, 0.6) is 0 Å². The molecule has 3 nitrogen and oxygen atoms in total. The van der Waals surface area contributed by atoms with Crippen LogP contribution in [-0.2, 0) is 0 Å². The molecule has 2 aromatic heterocycles. The Morgan fingerprint density at radius 3 is 2.85 bits per heavy atom. The van der Waals surface area contributed by atoms with Gasteiger partial charge in [-0.15, -0.1) is 11.3 Å². The van der Waals surface area contributed by atoms with Gasteiger partial charge in [-0.2, -0.15) is 5.26 Å². The minimum absolute atomic E-state index is 0.0719. The van der Waals surface area contributed by atoms with Gasteiger partial charge >= 0.3 is 0 Å². The van der Waals surface area contributed by atoms with Crippen molar-refractivity contribution in [3.05, 3.63) is 49.9 Å². The number of nitriles is 1. The van der Waals surface area contributed by atoms with Crippen molar-refractivity contribution in [2.75, 3.05) is 0 Å². The number of halogens is 1. The molecule has 100 valence electrons. The topological polar surface area (TPSA) is 44.5 Å². The number of benzene rings is 1. The van der Waals surface area contributed by atoms with Crippen LogP contribution in [0.25, 0.3) is 11.0 Å². The molecule has 1 unspecified atom stereocenters. The molecule has 0 fully saturated rings. The molecule has 3 aromatic rings. The largest absolute Gasteiger partial charge is 0.331 e. The summed E-state index contributed by atoms with van der Waals surface area (Å²) in [4.78, 5) is 4.31. The number of nitrogens with one attached hydrogen (secondary N) is 1. The molecule has 0 aliphatic rings. The first-order valence-electron chi connectivity index (χ1n) is 6.00. The Hall–Kier alpha value is -1.61. The van der Waals surface area contributed by atoms with E-state index in [2.05, 4.69) is 18.0 Å². The van der Waals surface area contributed by atoms with Gasteiger partial charge in [0.1, 0.15) is 0 Å². The number of nitrogens with zero attached hydrogens (tertiary/aromatic N) is 2. The lowest BCUT2D eigenvalue weighted by Crippen LogP contribution is -2.05. The number of hydrogen-bond acceptors (Lipinski definition) is 3. The third-order valence-electron chi connectivity index (χ3n) is 3.24. The second-order valence-electron chi connectivity index (χ2n) is 4.46. The summed E-state index contributed by atoms with van der Waals surface area (Å²) in [5.41, 5.74) is 2.49. The molecule has 0 spiro atoms. The van der Waals surface area contributed by atoms with Crippen molar-refractivity contribution in [1.82, 2.24) is 9.55 Å². The van der Waals surface area contributed by atoms with E-state index in [1.165, 1.54) is 0 Å². The van der Waals surface area contributed by atoms with Gasteiger partial charge in [0.05, 0.1) is 33.0 Å². The molecule has 2 heterocycles. The Morgan fingerprint density at radius 2 is 2.20 bits per heavy atom. The van der Waals surface area contributed by atoms with E-state index in [-0.39, 0.29) is 6.04 Å². The first-order valence-corrected chi connectivity index (χ1v) is 7.60. The third-order valence-corrected chi connectivity index (χ3v) is 4.94. The average Bonchev–Trinajstić information content (AvgIpc) is 3.00. The lowest BCUT2D eigenvalue weighted by atomic mass is 10.2. The van der Waals surface area contributed by atoms with E-state index in [9.17, 15) is 0 Å². The quantitative estimate of drug-likeness (QED) is 0.683. The molecule has 0 saturated carbocycles. The summed E-state index contributed by atoms with van der Waals surface area (Å²) < 4.78 is 3.43. The third kappa shape index (κ3) is 2.16. The first-order chi connectivity index (χ1) is 9.60. The second-order valence-corrected chi connectivity index (χ2v) is 6.60. The molecular weight excluding hydrogens is 310 g/mol. The first kappa shape index (κ1) is 13.4. The summed E-state index contributed by atoms with van der Waals surface area (Å²) in [6, 6.07) is 11.6. The minimum atomic E-state index is 0.0719. The lowest BCUT2D eigenvalue weighted by molar-refractivity contribution is 0.661. The summed E-state index contributed by atoms with van der Waals surface area (Å²) in [5, 5.41) is 9.04. The standard InChI is InChI=1S/C14H10ClN3S2/c1-8(12-4-5-13(15)20-12)18-11-6-9(7-16)2-3-10(11)17-14(18)19/h2-6,8H,1H3,(H,17,19). The van der Waals surface area contributed by atoms with Gasteiger partial charge in [-0.05, 0) is 49.5 Å². The van der Waals surface area contributed by atoms with Crippen LogP contribution in [-0.4, -0.2) is 9.55 Å². The molecule has 0 radical (unpaired) electrons. The van der Waals surface area contributed by atoms with Crippen LogP contribution in [0.2, 0.25) is 4.34 Å². The Balaban J connectivity index is 2.22. The van der Waals surface area contributed by atoms with Crippen molar-refractivity contribution in [1.29, 1.82) is 5.26 Å². The molecular formula is C14H10ClN3S2. The molecule has 0 saturated heterocycles. The Morgan fingerprint density at radius 1 is 1.40 bits per heavy atom. The fraction of sp³-hybridized carbons (Fsp3) is 0.143. The molecule has 0 aliphatic carbocycles. The molecule has 6 heteroatoms. The van der Waals surface area contributed by atoms with E-state index < -0.39 is 0 Å². The smallest absolute Gasteiger partial charge is 0.178 e. The van der Waals surface area contributed by atoms with Gasteiger partial charge in [-0.25, -0.2) is 0 Å². The van der Waals surface area contributed by atoms with E-state index in [0.29, 0.717) is 10.3 Å². The monoisotopic (exact) mass is 319 g/mol. The average molecular weight is 320 g/mol. The maximum absolute atomic E-state index is 9.04. The van der Waals surface area contributed by atoms with Crippen molar-refractivity contribution in [2.45, 2.75) is 13.0 Å². The van der Waals surface area contributed by atoms with E-state index in [1.54, 1.807) is 17.4 Å². The van der Waals surface area contributed by atoms with Gasteiger partial charge in [0.15, 0.2) is 4.77 Å². The Labute approximate surface area is 130 Å². The van der Waals surface area contributed by atoms with Crippen LogP contribution >= 0.6 is 35.2 Å². The van der Waals surface area contributed by atoms with Gasteiger partial charge in [-0.3, -0.25) is 0 Å². The van der Waals surface area contributed by atoms with Crippen molar-refractivity contribution in [3.63, 3.8) is 0 Å². The van der Waals surface area contributed by atoms with E-state index >= 15 is 0 Å². The molecule has 1 aromatic carbocycles. The number of fused-ring (bicyclic) bond motifs is 1. The predicted octanol–water partition coefficient (Wildman–Crippen LogP) is 4.89. The maximum atomic E-state index is 9.04. The van der Waals surface area contributed by atoms with Crippen molar-refractivity contribution < 1.29 is 0 Å². The number of rotatable bonds is 2. The SMILES string of the molecule is CC(c1ccc(Cl)s1)n1c(=S)[nH]c2ccc(C#N)cc21. The summed E-state index contributed by atoms with van der Waals surface area (Å²) in [7, 11) is 0. The molecule has 0 bridgehead atoms. The fourth-order valence-electron chi connectivity index (χ4n) is 2.26. The predicted molar refractivity (Wildman–Crippen MR) is 85.0 cm³/mol. The van der Waals surface area contributed by atoms with Crippen LogP contribution in [0.15, 0.2) is 30.3 Å². The van der Waals surface area contributed by atoms with Crippen LogP contribution in [0.4, 0.5) is 0 Å². The summed E-state index contributed by atoms with van der Waals surface area (Å²) in [6.45, 7) is 2.07. The highest BCUT2D eigenvalue weighted by molar-refractivity contribution is 7.71. The van der Waals surface area contributed by atoms with Crippen LogP contribution < -0.4 is 0 Å². The van der Waals surface area contributed by atoms with Gasteiger partial charge in [0.25, 0.3) is 0 Å². The number of aromatic nitrogens is 2. The summed E-state index contributed by atoms with van der Waals surface area (Å²) in [5.74, 6) is 0. The molecule has 1 N–H and O–H groups in total. The molecule has 0 aliphatic heterocycles. The normalized spacial score (nSPS) is 12.4. The zero-order chi connectivity index (χ0) is 14.3. The molecule has 20 heavy (non-hydrogen) atoms. The van der Waals surface area contributed by atoms with Crippen molar-refractivity contribution >= 4 is 46.2 Å². The zero-order valence-electron chi connectivity index (χ0n) is 10.6. The van der Waals surface area contributed by atoms with Crippen molar-refractivity contribution in [3.8, 4) is 6.07 Å². The van der Waals surface area contributed by atoms with Gasteiger partial charge < -0.3 is 9.55 Å². The molecule has 0 amide bonds. The summed E-state index contributed by atoms with van der Waals surface area (Å²) in [6.07, 6.45) is 0. The van der Waals surface area contributed by atoms with Gasteiger partial charge in [-0.1, -0.05) is 11.6 Å². The number of imidazole rings is 1. The highest BCUT2D eigenvalue weighted by Gasteiger charge is 2.15.